The maximum absolute atomic E-state index is 10.2. The third-order valence-corrected chi connectivity index (χ3v) is 3.10. The Morgan fingerprint density at radius 1 is 1.04 bits per heavy atom. The quantitative estimate of drug-likeness (QED) is 0.720. The van der Waals surface area contributed by atoms with E-state index < -0.39 is 0 Å². The molecule has 23 heavy (non-hydrogen) atoms. The fourth-order valence-corrected chi connectivity index (χ4v) is 1.92. The summed E-state index contributed by atoms with van der Waals surface area (Å²) < 4.78 is 8.19. The zero-order valence-electron chi connectivity index (χ0n) is 13.3. The van der Waals surface area contributed by atoms with Gasteiger partial charge in [0.2, 0.25) is 0 Å². The van der Waals surface area contributed by atoms with E-state index in [1.54, 1.807) is 6.21 Å². The molecule has 0 saturated heterocycles. The van der Waals surface area contributed by atoms with Crippen LogP contribution >= 0.6 is 24.8 Å². The Hall–Kier alpha value is -1.13. The van der Waals surface area contributed by atoms with Crippen molar-refractivity contribution in [3.63, 3.8) is 0 Å². The summed E-state index contributed by atoms with van der Waals surface area (Å²) >= 11 is 1.06. The molecule has 0 aliphatic carbocycles. The number of phenolic OH excluding ortho intramolecular Hbond substituents is 1. The summed E-state index contributed by atoms with van der Waals surface area (Å²) in [4.78, 5) is 4.37. The molecule has 1 N–H and O–H groups in total. The minimum atomic E-state index is 0. The number of rotatable bonds is 3. The number of hydrogen-bond acceptors (Lipinski definition) is 3. The van der Waals surface area contributed by atoms with Gasteiger partial charge in [-0.25, -0.2) is 0 Å². The van der Waals surface area contributed by atoms with E-state index in [0.29, 0.717) is 5.69 Å². The predicted octanol–water partition coefficient (Wildman–Crippen LogP) is 5.30. The summed E-state index contributed by atoms with van der Waals surface area (Å²) in [6.45, 7) is 6.17. The van der Waals surface area contributed by atoms with E-state index in [-0.39, 0.29) is 36.5 Å². The fraction of sp³-hybridized carbons (Fsp3) is 0.235. The van der Waals surface area contributed by atoms with Gasteiger partial charge in [0.05, 0.1) is 0 Å². The monoisotopic (exact) mass is 392 g/mol. The molecule has 0 aliphatic heterocycles. The molecule has 0 unspecified atom stereocenters. The summed E-state index contributed by atoms with van der Waals surface area (Å²) in [5.41, 5.74) is 3.80. The van der Waals surface area contributed by atoms with Gasteiger partial charge in [-0.15, -0.1) is 24.8 Å². The first-order chi connectivity index (χ1) is 10.1. The van der Waals surface area contributed by atoms with E-state index in [9.17, 15) is 5.11 Å². The summed E-state index contributed by atoms with van der Waals surface area (Å²) in [7, 11) is 0. The summed E-state index contributed by atoms with van der Waals surface area (Å²) in [5, 5.41) is 10.2. The first-order valence-corrected chi connectivity index (χ1v) is 7.26. The molecule has 2 aromatic rings. The topological polar surface area (TPSA) is 49.7 Å². The molecule has 0 heterocycles. The second-order valence-corrected chi connectivity index (χ2v) is 5.04. The van der Waals surface area contributed by atoms with E-state index in [1.807, 2.05) is 42.5 Å². The molecule has 6 heteroatoms. The Bertz CT molecular complexity index is 616. The maximum atomic E-state index is 10.2. The summed E-state index contributed by atoms with van der Waals surface area (Å²) in [5.74, 6) is 0.565. The normalized spacial score (nSPS) is 9.52. The van der Waals surface area contributed by atoms with Crippen LogP contribution in [-0.2, 0) is 21.0 Å². The Balaban J connectivity index is 0. The molecule has 125 valence electrons. The molecule has 0 radical (unpaired) electrons. The zero-order valence-corrected chi connectivity index (χ0v) is 16.3. The molecule has 0 aromatic heterocycles. The number of aliphatic imine (C=N–C) groups is 1. The molecule has 0 bridgehead atoms. The van der Waals surface area contributed by atoms with Crippen molar-refractivity contribution in [1.29, 1.82) is 0 Å². The number of aryl methyl sites for hydroxylation is 1. The Morgan fingerprint density at radius 3 is 2.13 bits per heavy atom. The van der Waals surface area contributed by atoms with Crippen LogP contribution in [0, 0.1) is 6.92 Å². The molecule has 2 rings (SSSR count). The van der Waals surface area contributed by atoms with Crippen LogP contribution < -0.4 is 0 Å². The van der Waals surface area contributed by atoms with Crippen molar-refractivity contribution in [1.82, 2.24) is 0 Å². The van der Waals surface area contributed by atoms with Crippen molar-refractivity contribution in [2.24, 2.45) is 4.99 Å². The van der Waals surface area contributed by atoms with E-state index in [1.165, 1.54) is 5.56 Å². The SMILES string of the molecule is Cc1ccc(C=Nc2cccc(C(C)C)c2O)cc1.Cl.Cl.[O]=[V]. The molecule has 3 nitrogen and oxygen atoms in total. The van der Waals surface area contributed by atoms with Crippen molar-refractivity contribution in [3.05, 3.63) is 59.2 Å². The standard InChI is InChI=1S/C17H19NO.2ClH.O.V/c1-12(2)15-5-4-6-16(17(15)19)18-11-14-9-7-13(3)8-10-14;;;;/h4-12,19H,1-3H3;2*1H;;. The van der Waals surface area contributed by atoms with Gasteiger partial charge in [-0.05, 0) is 30.0 Å². The molecule has 2 aromatic carbocycles. The van der Waals surface area contributed by atoms with Gasteiger partial charge in [0.15, 0.2) is 0 Å². The minimum absolute atomic E-state index is 0. The van der Waals surface area contributed by atoms with E-state index in [0.717, 1.165) is 28.5 Å². The molecule has 0 atom stereocenters. The average Bonchev–Trinajstić information content (AvgIpc) is 2.49. The van der Waals surface area contributed by atoms with Gasteiger partial charge in [0.1, 0.15) is 11.4 Å². The molecule has 0 spiro atoms. The molecule has 0 aliphatic rings. The van der Waals surface area contributed by atoms with Crippen LogP contribution in [0.25, 0.3) is 0 Å². The molecular formula is C17H21Cl2NO2V. The summed E-state index contributed by atoms with van der Waals surface area (Å²) in [6.07, 6.45) is 1.78. The Morgan fingerprint density at radius 2 is 1.61 bits per heavy atom. The van der Waals surface area contributed by atoms with Crippen LogP contribution in [0.4, 0.5) is 5.69 Å². The van der Waals surface area contributed by atoms with Gasteiger partial charge in [-0.3, -0.25) is 4.99 Å². The van der Waals surface area contributed by atoms with Crippen LogP contribution in [0.15, 0.2) is 47.5 Å². The average molecular weight is 393 g/mol. The van der Waals surface area contributed by atoms with Gasteiger partial charge in [0, 0.05) is 6.21 Å². The molecule has 0 saturated carbocycles. The first kappa shape index (κ1) is 24.1. The van der Waals surface area contributed by atoms with Gasteiger partial charge >= 0.3 is 21.0 Å². The van der Waals surface area contributed by atoms with E-state index in [2.05, 4.69) is 25.8 Å². The van der Waals surface area contributed by atoms with Gasteiger partial charge < -0.3 is 5.11 Å². The third kappa shape index (κ3) is 7.32. The summed E-state index contributed by atoms with van der Waals surface area (Å²) in [6, 6.07) is 13.8. The van der Waals surface area contributed by atoms with Crippen LogP contribution in [0.5, 0.6) is 5.75 Å². The van der Waals surface area contributed by atoms with Crippen molar-refractivity contribution < 1.29 is 26.1 Å². The van der Waals surface area contributed by atoms with Gasteiger partial charge in [-0.2, -0.15) is 0 Å². The van der Waals surface area contributed by atoms with Crippen LogP contribution in [0.3, 0.4) is 0 Å². The second-order valence-electron chi connectivity index (χ2n) is 5.04. The number of nitrogens with zero attached hydrogens (tertiary/aromatic N) is 1. The van der Waals surface area contributed by atoms with E-state index in [4.69, 9.17) is 3.67 Å². The number of benzene rings is 2. The number of phenols is 1. The second kappa shape index (κ2) is 12.3. The Labute approximate surface area is 159 Å². The molecule has 0 amide bonds. The predicted molar refractivity (Wildman–Crippen MR) is 95.8 cm³/mol. The van der Waals surface area contributed by atoms with Crippen LogP contribution in [0.2, 0.25) is 0 Å². The van der Waals surface area contributed by atoms with Crippen molar-refractivity contribution in [2.75, 3.05) is 0 Å². The van der Waals surface area contributed by atoms with Crippen LogP contribution in [0.1, 0.15) is 36.5 Å². The van der Waals surface area contributed by atoms with Crippen LogP contribution in [-0.4, -0.2) is 11.3 Å². The van der Waals surface area contributed by atoms with Gasteiger partial charge in [0.25, 0.3) is 0 Å². The number of aromatic hydroxyl groups is 1. The van der Waals surface area contributed by atoms with Gasteiger partial charge in [-0.1, -0.05) is 55.8 Å². The third-order valence-electron chi connectivity index (χ3n) is 3.10. The fourth-order valence-electron chi connectivity index (χ4n) is 1.92. The zero-order chi connectivity index (χ0) is 15.8. The number of halogens is 2. The van der Waals surface area contributed by atoms with Crippen molar-refractivity contribution in [3.8, 4) is 5.75 Å². The first-order valence-electron chi connectivity index (χ1n) is 6.69. The van der Waals surface area contributed by atoms with Crippen molar-refractivity contribution in [2.45, 2.75) is 26.7 Å². The molecular weight excluding hydrogens is 372 g/mol. The molecule has 0 fully saturated rings. The van der Waals surface area contributed by atoms with Crippen molar-refractivity contribution >= 4 is 36.7 Å². The number of para-hydroxylation sites is 1. The number of hydrogen-bond donors (Lipinski definition) is 1. The Kier molecular flexibility index (Phi) is 12.9. The van der Waals surface area contributed by atoms with E-state index >= 15 is 0 Å².